The first-order chi connectivity index (χ1) is 12.6. The number of hydrogen-bond donors (Lipinski definition) is 1. The van der Waals surface area contributed by atoms with E-state index < -0.39 is 0 Å². The second-order valence-electron chi connectivity index (χ2n) is 6.15. The van der Waals surface area contributed by atoms with E-state index in [0.29, 0.717) is 34.5 Å². The normalized spacial score (nSPS) is 11.5. The van der Waals surface area contributed by atoms with Crippen LogP contribution in [0.15, 0.2) is 47.5 Å². The average Bonchev–Trinajstić information content (AvgIpc) is 2.98. The number of aliphatic hydroxyl groups excluding tert-OH is 1. The molecule has 1 N–H and O–H groups in total. The molecule has 1 aromatic carbocycles. The Bertz CT molecular complexity index is 1160. The molecule has 0 aliphatic heterocycles. The highest BCUT2D eigenvalue weighted by atomic mass is 35.5. The number of aromatic nitrogens is 4. The standard InChI is InChI=1S/C19H17ClN4O2/c1-12-17(13-3-5-14(20)6-4-13)18-21-11-15-16(24(18)22-12)7-9-23(19(15)26)8-2-10-25/h3-7,9,11,25H,2,8,10H2,1H3. The molecule has 0 radical (unpaired) electrons. The molecule has 0 amide bonds. The number of pyridine rings is 1. The highest BCUT2D eigenvalue weighted by Crippen LogP contribution is 2.29. The summed E-state index contributed by atoms with van der Waals surface area (Å²) in [4.78, 5) is 17.2. The number of fused-ring (bicyclic) bond motifs is 3. The molecule has 7 heteroatoms. The van der Waals surface area contributed by atoms with Crippen LogP contribution in [0.5, 0.6) is 0 Å². The van der Waals surface area contributed by atoms with E-state index in [1.54, 1.807) is 21.5 Å². The van der Waals surface area contributed by atoms with Crippen molar-refractivity contribution in [1.82, 2.24) is 19.2 Å². The molecule has 4 aromatic rings. The number of aliphatic hydroxyl groups is 1. The van der Waals surface area contributed by atoms with E-state index in [4.69, 9.17) is 16.7 Å². The topological polar surface area (TPSA) is 72.4 Å². The Morgan fingerprint density at radius 2 is 1.96 bits per heavy atom. The van der Waals surface area contributed by atoms with Crippen LogP contribution in [-0.2, 0) is 6.54 Å². The van der Waals surface area contributed by atoms with Crippen molar-refractivity contribution in [2.75, 3.05) is 6.61 Å². The number of rotatable bonds is 4. The van der Waals surface area contributed by atoms with Gasteiger partial charge in [0.25, 0.3) is 5.56 Å². The molecule has 0 unspecified atom stereocenters. The molecule has 6 nitrogen and oxygen atoms in total. The number of benzene rings is 1. The predicted octanol–water partition coefficient (Wildman–Crippen LogP) is 3.06. The van der Waals surface area contributed by atoms with Gasteiger partial charge in [-0.1, -0.05) is 23.7 Å². The highest BCUT2D eigenvalue weighted by molar-refractivity contribution is 6.30. The SMILES string of the molecule is Cc1nn2c(ncc3c(=O)n(CCCO)ccc32)c1-c1ccc(Cl)cc1. The molecule has 0 spiro atoms. The van der Waals surface area contributed by atoms with Gasteiger partial charge in [0.15, 0.2) is 5.65 Å². The molecule has 3 heterocycles. The van der Waals surface area contributed by atoms with Crippen LogP contribution >= 0.6 is 11.6 Å². The average molecular weight is 369 g/mol. The summed E-state index contributed by atoms with van der Waals surface area (Å²) in [5, 5.41) is 14.8. The Labute approximate surface area is 154 Å². The Kier molecular flexibility index (Phi) is 4.22. The van der Waals surface area contributed by atoms with Crippen molar-refractivity contribution < 1.29 is 5.11 Å². The molecule has 0 saturated heterocycles. The summed E-state index contributed by atoms with van der Waals surface area (Å²) in [6.07, 6.45) is 3.87. The summed E-state index contributed by atoms with van der Waals surface area (Å²) in [7, 11) is 0. The molecule has 4 rings (SSSR count). The molecule has 0 atom stereocenters. The van der Waals surface area contributed by atoms with E-state index in [1.165, 1.54) is 0 Å². The fourth-order valence-corrected chi connectivity index (χ4v) is 3.31. The lowest BCUT2D eigenvalue weighted by Crippen LogP contribution is -2.21. The van der Waals surface area contributed by atoms with Crippen LogP contribution in [0.2, 0.25) is 5.02 Å². The van der Waals surface area contributed by atoms with Gasteiger partial charge in [-0.2, -0.15) is 5.10 Å². The number of nitrogens with zero attached hydrogens (tertiary/aromatic N) is 4. The minimum Gasteiger partial charge on any atom is -0.396 e. The van der Waals surface area contributed by atoms with Gasteiger partial charge in [-0.05, 0) is 37.1 Å². The Hall–Kier alpha value is -2.70. The zero-order valence-electron chi connectivity index (χ0n) is 14.2. The van der Waals surface area contributed by atoms with Gasteiger partial charge in [0.1, 0.15) is 0 Å². The maximum Gasteiger partial charge on any atom is 0.261 e. The lowest BCUT2D eigenvalue weighted by molar-refractivity contribution is 0.279. The third-order valence-corrected chi connectivity index (χ3v) is 4.70. The molecule has 0 aliphatic carbocycles. The van der Waals surface area contributed by atoms with Crippen LogP contribution in [0.4, 0.5) is 0 Å². The lowest BCUT2D eigenvalue weighted by Gasteiger charge is -2.07. The first-order valence-corrected chi connectivity index (χ1v) is 8.72. The predicted molar refractivity (Wildman–Crippen MR) is 102 cm³/mol. The van der Waals surface area contributed by atoms with Gasteiger partial charge in [-0.25, -0.2) is 9.50 Å². The van der Waals surface area contributed by atoms with Gasteiger partial charge in [0.2, 0.25) is 0 Å². The van der Waals surface area contributed by atoms with Crippen molar-refractivity contribution in [3.63, 3.8) is 0 Å². The summed E-state index contributed by atoms with van der Waals surface area (Å²) in [5.41, 5.74) is 4.01. The Morgan fingerprint density at radius 3 is 2.69 bits per heavy atom. The fourth-order valence-electron chi connectivity index (χ4n) is 3.19. The number of hydrogen-bond acceptors (Lipinski definition) is 4. The van der Waals surface area contributed by atoms with E-state index in [0.717, 1.165) is 16.8 Å². The van der Waals surface area contributed by atoms with Crippen molar-refractivity contribution in [3.05, 3.63) is 63.8 Å². The van der Waals surface area contributed by atoms with Gasteiger partial charge in [0, 0.05) is 36.1 Å². The molecule has 0 bridgehead atoms. The minimum atomic E-state index is -0.133. The highest BCUT2D eigenvalue weighted by Gasteiger charge is 2.16. The van der Waals surface area contributed by atoms with Gasteiger partial charge in [0.05, 0.1) is 16.6 Å². The third-order valence-electron chi connectivity index (χ3n) is 4.45. The summed E-state index contributed by atoms with van der Waals surface area (Å²) in [6, 6.07) is 9.40. The zero-order valence-corrected chi connectivity index (χ0v) is 14.9. The van der Waals surface area contributed by atoms with Crippen molar-refractivity contribution in [2.45, 2.75) is 19.9 Å². The fraction of sp³-hybridized carbons (Fsp3) is 0.211. The van der Waals surface area contributed by atoms with E-state index in [-0.39, 0.29) is 12.2 Å². The Morgan fingerprint density at radius 1 is 1.19 bits per heavy atom. The van der Waals surface area contributed by atoms with Crippen molar-refractivity contribution in [1.29, 1.82) is 0 Å². The molecule has 0 saturated carbocycles. The first-order valence-electron chi connectivity index (χ1n) is 8.34. The number of halogens is 1. The van der Waals surface area contributed by atoms with Gasteiger partial charge in [-0.15, -0.1) is 0 Å². The minimum absolute atomic E-state index is 0.0462. The molecule has 3 aromatic heterocycles. The number of aryl methyl sites for hydroxylation is 2. The quantitative estimate of drug-likeness (QED) is 0.601. The smallest absolute Gasteiger partial charge is 0.261 e. The van der Waals surface area contributed by atoms with Crippen LogP contribution in [-0.4, -0.2) is 30.9 Å². The van der Waals surface area contributed by atoms with E-state index in [9.17, 15) is 4.79 Å². The van der Waals surface area contributed by atoms with E-state index >= 15 is 0 Å². The van der Waals surface area contributed by atoms with Crippen molar-refractivity contribution in [2.24, 2.45) is 0 Å². The van der Waals surface area contributed by atoms with E-state index in [1.807, 2.05) is 37.3 Å². The maximum atomic E-state index is 12.7. The van der Waals surface area contributed by atoms with Gasteiger partial charge in [-0.3, -0.25) is 4.79 Å². The van der Waals surface area contributed by atoms with Crippen molar-refractivity contribution >= 4 is 28.2 Å². The zero-order chi connectivity index (χ0) is 18.3. The molecule has 0 fully saturated rings. The molecular weight excluding hydrogens is 352 g/mol. The molecular formula is C19H17ClN4O2. The van der Waals surface area contributed by atoms with Crippen LogP contribution in [0, 0.1) is 6.92 Å². The first kappa shape index (κ1) is 16.8. The summed E-state index contributed by atoms with van der Waals surface area (Å²) >= 11 is 5.99. The maximum absolute atomic E-state index is 12.7. The van der Waals surface area contributed by atoms with Crippen LogP contribution in [0.1, 0.15) is 12.1 Å². The van der Waals surface area contributed by atoms with E-state index in [2.05, 4.69) is 10.1 Å². The van der Waals surface area contributed by atoms with Crippen molar-refractivity contribution in [3.8, 4) is 11.1 Å². The summed E-state index contributed by atoms with van der Waals surface area (Å²) in [5.74, 6) is 0. The molecule has 132 valence electrons. The molecule has 26 heavy (non-hydrogen) atoms. The van der Waals surface area contributed by atoms with Crippen LogP contribution in [0.25, 0.3) is 27.7 Å². The van der Waals surface area contributed by atoms with Gasteiger partial charge >= 0.3 is 0 Å². The summed E-state index contributed by atoms with van der Waals surface area (Å²) in [6.45, 7) is 2.44. The third kappa shape index (κ3) is 2.67. The second-order valence-corrected chi connectivity index (χ2v) is 6.59. The van der Waals surface area contributed by atoms with Crippen LogP contribution in [0.3, 0.4) is 0 Å². The second kappa shape index (κ2) is 6.55. The lowest BCUT2D eigenvalue weighted by atomic mass is 10.1. The summed E-state index contributed by atoms with van der Waals surface area (Å²) < 4.78 is 3.30. The van der Waals surface area contributed by atoms with Crippen LogP contribution < -0.4 is 5.56 Å². The van der Waals surface area contributed by atoms with Gasteiger partial charge < -0.3 is 9.67 Å². The largest absolute Gasteiger partial charge is 0.396 e. The monoisotopic (exact) mass is 368 g/mol. The molecule has 0 aliphatic rings. The Balaban J connectivity index is 1.94.